The van der Waals surface area contributed by atoms with Crippen molar-refractivity contribution in [3.8, 4) is 0 Å². The Hall–Kier alpha value is -0.170. The third-order valence-electron chi connectivity index (χ3n) is 1.31. The van der Waals surface area contributed by atoms with Gasteiger partial charge in [0, 0.05) is 18.7 Å². The van der Waals surface area contributed by atoms with Crippen LogP contribution in [0.2, 0.25) is 0 Å². The molecule has 0 fully saturated rings. The van der Waals surface area contributed by atoms with Gasteiger partial charge in [-0.3, -0.25) is 0 Å². The Balaban J connectivity index is 4.02. The summed E-state index contributed by atoms with van der Waals surface area (Å²) in [6.07, 6.45) is 0.416. The van der Waals surface area contributed by atoms with E-state index >= 15 is 0 Å². The van der Waals surface area contributed by atoms with Crippen LogP contribution >= 0.6 is 0 Å². The lowest BCUT2D eigenvalue weighted by Gasteiger charge is -2.15. The van der Waals surface area contributed by atoms with Gasteiger partial charge in [-0.2, -0.15) is 17.9 Å². The number of nitrogens with one attached hydrogen (secondary N) is 2. The first kappa shape index (κ1) is 12.8. The van der Waals surface area contributed by atoms with Crippen molar-refractivity contribution in [2.75, 3.05) is 6.61 Å². The molecular formula is C7H18N2O3S. The first-order chi connectivity index (χ1) is 5.87. The van der Waals surface area contributed by atoms with E-state index < -0.39 is 10.2 Å². The summed E-state index contributed by atoms with van der Waals surface area (Å²) in [5, 5.41) is 8.56. The molecule has 0 spiro atoms. The second kappa shape index (κ2) is 5.54. The Labute approximate surface area is 79.7 Å². The fraction of sp³-hybridized carbons (Fsp3) is 1.00. The average Bonchev–Trinajstić information content (AvgIpc) is 1.81. The molecular weight excluding hydrogens is 192 g/mol. The van der Waals surface area contributed by atoms with E-state index in [9.17, 15) is 8.42 Å². The van der Waals surface area contributed by atoms with Crippen molar-refractivity contribution < 1.29 is 13.5 Å². The van der Waals surface area contributed by atoms with E-state index in [0.717, 1.165) is 0 Å². The molecule has 5 nitrogen and oxygen atoms in total. The molecule has 0 heterocycles. The predicted octanol–water partition coefficient (Wildman–Crippen LogP) is -0.410. The fourth-order valence-corrected chi connectivity index (χ4v) is 2.20. The van der Waals surface area contributed by atoms with Crippen molar-refractivity contribution in [2.24, 2.45) is 0 Å². The van der Waals surface area contributed by atoms with Crippen LogP contribution in [0.15, 0.2) is 0 Å². The summed E-state index contributed by atoms with van der Waals surface area (Å²) in [6, 6.07) is -0.375. The van der Waals surface area contributed by atoms with Gasteiger partial charge in [-0.1, -0.05) is 0 Å². The molecule has 3 N–H and O–H groups in total. The highest BCUT2D eigenvalue weighted by Gasteiger charge is 2.14. The minimum atomic E-state index is -3.41. The van der Waals surface area contributed by atoms with Crippen LogP contribution in [0.1, 0.15) is 27.2 Å². The van der Waals surface area contributed by atoms with Crippen LogP contribution in [0.4, 0.5) is 0 Å². The zero-order chi connectivity index (χ0) is 10.5. The lowest BCUT2D eigenvalue weighted by atomic mass is 10.3. The molecule has 0 radical (unpaired) electrons. The first-order valence-electron chi connectivity index (χ1n) is 4.28. The fourth-order valence-electron chi connectivity index (χ4n) is 0.862. The number of aliphatic hydroxyl groups is 1. The molecule has 0 amide bonds. The van der Waals surface area contributed by atoms with Crippen LogP contribution in [0, 0.1) is 0 Å². The van der Waals surface area contributed by atoms with Crippen LogP contribution in [0.25, 0.3) is 0 Å². The molecule has 0 aliphatic heterocycles. The van der Waals surface area contributed by atoms with E-state index in [4.69, 9.17) is 5.11 Å². The highest BCUT2D eigenvalue weighted by molar-refractivity contribution is 7.87. The predicted molar refractivity (Wildman–Crippen MR) is 51.5 cm³/mol. The van der Waals surface area contributed by atoms with Gasteiger partial charge in [0.1, 0.15) is 0 Å². The second-order valence-corrected chi connectivity index (χ2v) is 4.79. The highest BCUT2D eigenvalue weighted by atomic mass is 32.2. The summed E-state index contributed by atoms with van der Waals surface area (Å²) in [5.74, 6) is 0. The molecule has 6 heteroatoms. The molecule has 0 rings (SSSR count). The molecule has 0 aromatic carbocycles. The van der Waals surface area contributed by atoms with Crippen LogP contribution in [0.5, 0.6) is 0 Å². The van der Waals surface area contributed by atoms with Gasteiger partial charge in [-0.05, 0) is 27.2 Å². The Morgan fingerprint density at radius 2 is 1.77 bits per heavy atom. The standard InChI is InChI=1S/C7H18N2O3S/c1-6(2)8-13(11,12)9-7(3)4-5-10/h6-10H,4-5H2,1-3H3. The molecule has 13 heavy (non-hydrogen) atoms. The van der Waals surface area contributed by atoms with Crippen LogP contribution in [0.3, 0.4) is 0 Å². The zero-order valence-corrected chi connectivity index (χ0v) is 9.06. The van der Waals surface area contributed by atoms with Crippen LogP contribution in [-0.4, -0.2) is 32.2 Å². The van der Waals surface area contributed by atoms with Gasteiger partial charge in [-0.15, -0.1) is 0 Å². The van der Waals surface area contributed by atoms with Gasteiger partial charge in [-0.25, -0.2) is 0 Å². The minimum Gasteiger partial charge on any atom is -0.396 e. The number of hydrogen-bond acceptors (Lipinski definition) is 3. The minimum absolute atomic E-state index is 0.0225. The molecule has 0 aliphatic carbocycles. The lowest BCUT2D eigenvalue weighted by Crippen LogP contribution is -2.44. The van der Waals surface area contributed by atoms with Gasteiger partial charge in [0.05, 0.1) is 0 Å². The maximum absolute atomic E-state index is 11.2. The Bertz CT molecular complexity index is 226. The first-order valence-corrected chi connectivity index (χ1v) is 5.76. The summed E-state index contributed by atoms with van der Waals surface area (Å²) in [5.41, 5.74) is 0. The van der Waals surface area contributed by atoms with Crippen molar-refractivity contribution in [3.05, 3.63) is 0 Å². The van der Waals surface area contributed by atoms with Crippen LogP contribution in [-0.2, 0) is 10.2 Å². The zero-order valence-electron chi connectivity index (χ0n) is 8.24. The Morgan fingerprint density at radius 1 is 1.23 bits per heavy atom. The van der Waals surface area contributed by atoms with E-state index in [1.165, 1.54) is 0 Å². The average molecular weight is 210 g/mol. The normalized spacial score (nSPS) is 14.8. The third kappa shape index (κ3) is 6.94. The highest BCUT2D eigenvalue weighted by Crippen LogP contribution is 1.92. The lowest BCUT2D eigenvalue weighted by molar-refractivity contribution is 0.275. The number of hydrogen-bond donors (Lipinski definition) is 3. The van der Waals surface area contributed by atoms with Gasteiger partial charge in [0.25, 0.3) is 10.2 Å². The summed E-state index contributed by atoms with van der Waals surface area (Å²) in [6.45, 7) is 5.17. The molecule has 0 saturated heterocycles. The van der Waals surface area contributed by atoms with Crippen molar-refractivity contribution >= 4 is 10.2 Å². The topological polar surface area (TPSA) is 78.4 Å². The maximum atomic E-state index is 11.2. The third-order valence-corrected chi connectivity index (χ3v) is 2.80. The van der Waals surface area contributed by atoms with Gasteiger partial charge in [0.15, 0.2) is 0 Å². The van der Waals surface area contributed by atoms with Crippen molar-refractivity contribution in [3.63, 3.8) is 0 Å². The van der Waals surface area contributed by atoms with Gasteiger partial charge < -0.3 is 5.11 Å². The maximum Gasteiger partial charge on any atom is 0.277 e. The van der Waals surface area contributed by atoms with Gasteiger partial charge >= 0.3 is 0 Å². The largest absolute Gasteiger partial charge is 0.396 e. The van der Waals surface area contributed by atoms with E-state index in [2.05, 4.69) is 9.44 Å². The Kier molecular flexibility index (Phi) is 5.46. The van der Waals surface area contributed by atoms with Crippen molar-refractivity contribution in [1.29, 1.82) is 0 Å². The Morgan fingerprint density at radius 3 is 2.15 bits per heavy atom. The summed E-state index contributed by atoms with van der Waals surface area (Å²) in [4.78, 5) is 0. The second-order valence-electron chi connectivity index (χ2n) is 3.31. The molecule has 0 aromatic rings. The molecule has 0 bridgehead atoms. The van der Waals surface area contributed by atoms with E-state index in [1.54, 1.807) is 20.8 Å². The van der Waals surface area contributed by atoms with Crippen molar-refractivity contribution in [1.82, 2.24) is 9.44 Å². The van der Waals surface area contributed by atoms with Crippen LogP contribution < -0.4 is 9.44 Å². The molecule has 80 valence electrons. The quantitative estimate of drug-likeness (QED) is 0.557. The number of rotatable bonds is 6. The summed E-state index contributed by atoms with van der Waals surface area (Å²) in [7, 11) is -3.41. The monoisotopic (exact) mass is 210 g/mol. The molecule has 0 aliphatic rings. The molecule has 1 atom stereocenters. The number of aliphatic hydroxyl groups excluding tert-OH is 1. The van der Waals surface area contributed by atoms with E-state index in [0.29, 0.717) is 6.42 Å². The van der Waals surface area contributed by atoms with E-state index in [-0.39, 0.29) is 18.7 Å². The van der Waals surface area contributed by atoms with Gasteiger partial charge in [0.2, 0.25) is 0 Å². The molecule has 0 saturated carbocycles. The van der Waals surface area contributed by atoms with Crippen molar-refractivity contribution in [2.45, 2.75) is 39.3 Å². The molecule has 1 unspecified atom stereocenters. The SMILES string of the molecule is CC(C)NS(=O)(=O)NC(C)CCO. The smallest absolute Gasteiger partial charge is 0.277 e. The van der Waals surface area contributed by atoms with E-state index in [1.807, 2.05) is 0 Å². The molecule has 0 aromatic heterocycles. The summed E-state index contributed by atoms with van der Waals surface area (Å²) >= 11 is 0. The summed E-state index contributed by atoms with van der Waals surface area (Å²) < 4.78 is 27.2.